The van der Waals surface area contributed by atoms with Crippen LogP contribution in [0, 0.1) is 5.82 Å². The maximum absolute atomic E-state index is 13.1. The topological polar surface area (TPSA) is 46.6 Å². The van der Waals surface area contributed by atoms with E-state index in [2.05, 4.69) is 0 Å². The molecule has 4 nitrogen and oxygen atoms in total. The van der Waals surface area contributed by atoms with Gasteiger partial charge in [0.1, 0.15) is 11.9 Å². The summed E-state index contributed by atoms with van der Waals surface area (Å²) in [7, 11) is -4.71. The standard InChI is InChI=1S/C17H16F3NO3S/c18-13-7-5-12(6-8-13)15-11-21(9-10-24-15)14-3-1-2-4-16(14)25(22,23)17(19)20/h1-8,15,17H,9-11H2. The molecular formula is C17H16F3NO3S. The van der Waals surface area contributed by atoms with E-state index in [4.69, 9.17) is 4.74 Å². The molecule has 0 aromatic heterocycles. The van der Waals surface area contributed by atoms with Crippen molar-refractivity contribution in [2.45, 2.75) is 16.8 Å². The Labute approximate surface area is 143 Å². The van der Waals surface area contributed by atoms with Gasteiger partial charge in [-0.3, -0.25) is 0 Å². The maximum Gasteiger partial charge on any atom is 0.341 e. The molecule has 0 saturated carbocycles. The molecule has 1 atom stereocenters. The number of nitrogens with zero attached hydrogens (tertiary/aromatic N) is 1. The van der Waals surface area contributed by atoms with E-state index in [9.17, 15) is 21.6 Å². The Kier molecular flexibility index (Phi) is 5.01. The predicted molar refractivity (Wildman–Crippen MR) is 86.9 cm³/mol. The summed E-state index contributed by atoms with van der Waals surface area (Å²) in [5.74, 6) is -3.85. The molecule has 0 aliphatic carbocycles. The first-order valence-corrected chi connectivity index (χ1v) is 9.17. The van der Waals surface area contributed by atoms with Gasteiger partial charge in [-0.1, -0.05) is 24.3 Å². The summed E-state index contributed by atoms with van der Waals surface area (Å²) in [6.45, 7) is 0.944. The van der Waals surface area contributed by atoms with Crippen molar-refractivity contribution in [2.75, 3.05) is 24.6 Å². The Morgan fingerprint density at radius 1 is 1.08 bits per heavy atom. The zero-order valence-electron chi connectivity index (χ0n) is 13.1. The largest absolute Gasteiger partial charge is 0.370 e. The predicted octanol–water partition coefficient (Wildman–Crippen LogP) is 3.40. The Balaban J connectivity index is 1.91. The van der Waals surface area contributed by atoms with E-state index in [-0.39, 0.29) is 18.0 Å². The molecule has 0 bridgehead atoms. The smallest absolute Gasteiger partial charge is 0.341 e. The highest BCUT2D eigenvalue weighted by Gasteiger charge is 2.32. The third kappa shape index (κ3) is 3.64. The lowest BCUT2D eigenvalue weighted by Crippen LogP contribution is -2.39. The van der Waals surface area contributed by atoms with E-state index < -0.39 is 26.6 Å². The summed E-state index contributed by atoms with van der Waals surface area (Å²) >= 11 is 0. The van der Waals surface area contributed by atoms with Crippen molar-refractivity contribution in [1.29, 1.82) is 0 Å². The molecule has 0 spiro atoms. The second-order valence-electron chi connectivity index (χ2n) is 5.63. The van der Waals surface area contributed by atoms with E-state index in [0.717, 1.165) is 5.56 Å². The second kappa shape index (κ2) is 7.05. The van der Waals surface area contributed by atoms with Crippen LogP contribution in [-0.4, -0.2) is 33.9 Å². The molecule has 2 aromatic carbocycles. The normalized spacial score (nSPS) is 18.6. The average Bonchev–Trinajstić information content (AvgIpc) is 2.62. The van der Waals surface area contributed by atoms with Crippen LogP contribution in [0.3, 0.4) is 0 Å². The minimum atomic E-state index is -4.71. The molecule has 0 radical (unpaired) electrons. The minimum absolute atomic E-state index is 0.221. The number of benzene rings is 2. The first-order valence-electron chi connectivity index (χ1n) is 7.62. The van der Waals surface area contributed by atoms with Gasteiger partial charge in [-0.15, -0.1) is 0 Å². The number of halogens is 3. The first-order chi connectivity index (χ1) is 11.9. The molecule has 1 saturated heterocycles. The van der Waals surface area contributed by atoms with Gasteiger partial charge in [-0.2, -0.15) is 8.78 Å². The maximum atomic E-state index is 13.1. The number of ether oxygens (including phenoxy) is 1. The van der Waals surface area contributed by atoms with Gasteiger partial charge in [0, 0.05) is 13.1 Å². The molecule has 0 amide bonds. The molecule has 8 heteroatoms. The lowest BCUT2D eigenvalue weighted by Gasteiger charge is -2.35. The van der Waals surface area contributed by atoms with Crippen molar-refractivity contribution in [3.05, 3.63) is 59.9 Å². The zero-order valence-corrected chi connectivity index (χ0v) is 13.9. The van der Waals surface area contributed by atoms with Gasteiger partial charge < -0.3 is 9.64 Å². The van der Waals surface area contributed by atoms with E-state index >= 15 is 0 Å². The number of sulfone groups is 1. The Bertz CT molecular complexity index is 840. The van der Waals surface area contributed by atoms with E-state index in [1.807, 2.05) is 0 Å². The number of para-hydroxylation sites is 1. The van der Waals surface area contributed by atoms with Gasteiger partial charge in [0.15, 0.2) is 0 Å². The summed E-state index contributed by atoms with van der Waals surface area (Å²) in [6.07, 6.45) is -0.406. The fourth-order valence-electron chi connectivity index (χ4n) is 2.80. The fraction of sp³-hybridized carbons (Fsp3) is 0.294. The van der Waals surface area contributed by atoms with Crippen molar-refractivity contribution in [3.63, 3.8) is 0 Å². The number of rotatable bonds is 4. The summed E-state index contributed by atoms with van der Waals surface area (Å²) in [5, 5.41) is 0. The van der Waals surface area contributed by atoms with Crippen molar-refractivity contribution >= 4 is 15.5 Å². The van der Waals surface area contributed by atoms with E-state index in [0.29, 0.717) is 13.2 Å². The SMILES string of the molecule is O=S(=O)(c1ccccc1N1CCOC(c2ccc(F)cc2)C1)C(F)F. The number of morpholine rings is 1. The van der Waals surface area contributed by atoms with E-state index in [1.54, 1.807) is 23.1 Å². The molecule has 3 rings (SSSR count). The van der Waals surface area contributed by atoms with Crippen LogP contribution in [0.25, 0.3) is 0 Å². The third-order valence-electron chi connectivity index (χ3n) is 4.06. The van der Waals surface area contributed by atoms with Crippen LogP contribution in [0.15, 0.2) is 53.4 Å². The Morgan fingerprint density at radius 2 is 1.76 bits per heavy atom. The van der Waals surface area contributed by atoms with Crippen LogP contribution in [0.4, 0.5) is 18.9 Å². The molecule has 1 aliphatic rings. The fourth-order valence-corrected chi connectivity index (χ4v) is 3.75. The summed E-state index contributed by atoms with van der Waals surface area (Å²) in [5.41, 5.74) is 0.957. The van der Waals surface area contributed by atoms with Gasteiger partial charge in [-0.05, 0) is 29.8 Å². The van der Waals surface area contributed by atoms with Crippen molar-refractivity contribution < 1.29 is 26.3 Å². The Hall–Kier alpha value is -2.06. The molecule has 1 unspecified atom stereocenters. The minimum Gasteiger partial charge on any atom is -0.370 e. The van der Waals surface area contributed by atoms with Crippen molar-refractivity contribution in [3.8, 4) is 0 Å². The van der Waals surface area contributed by atoms with Gasteiger partial charge in [0.2, 0.25) is 9.84 Å². The highest BCUT2D eigenvalue weighted by molar-refractivity contribution is 7.91. The van der Waals surface area contributed by atoms with Gasteiger partial charge >= 0.3 is 5.76 Å². The molecular weight excluding hydrogens is 355 g/mol. The monoisotopic (exact) mass is 371 g/mol. The number of hydrogen-bond acceptors (Lipinski definition) is 4. The molecule has 1 fully saturated rings. The molecule has 134 valence electrons. The number of hydrogen-bond donors (Lipinski definition) is 0. The van der Waals surface area contributed by atoms with Crippen LogP contribution < -0.4 is 4.90 Å². The molecule has 25 heavy (non-hydrogen) atoms. The summed E-state index contributed by atoms with van der Waals surface area (Å²) in [6, 6.07) is 11.5. The Morgan fingerprint density at radius 3 is 2.44 bits per heavy atom. The van der Waals surface area contributed by atoms with Gasteiger partial charge in [0.05, 0.1) is 17.2 Å². The average molecular weight is 371 g/mol. The first kappa shape index (κ1) is 17.8. The van der Waals surface area contributed by atoms with Crippen LogP contribution >= 0.6 is 0 Å². The van der Waals surface area contributed by atoms with Crippen LogP contribution in [0.2, 0.25) is 0 Å². The van der Waals surface area contributed by atoms with Gasteiger partial charge in [0.25, 0.3) is 0 Å². The quantitative estimate of drug-likeness (QED) is 0.827. The molecule has 1 heterocycles. The van der Waals surface area contributed by atoms with Crippen LogP contribution in [0.1, 0.15) is 11.7 Å². The highest BCUT2D eigenvalue weighted by Crippen LogP contribution is 2.32. The zero-order chi connectivity index (χ0) is 18.0. The third-order valence-corrected chi connectivity index (χ3v) is 5.48. The highest BCUT2D eigenvalue weighted by atomic mass is 32.2. The van der Waals surface area contributed by atoms with Crippen LogP contribution in [0.5, 0.6) is 0 Å². The van der Waals surface area contributed by atoms with Crippen LogP contribution in [-0.2, 0) is 14.6 Å². The number of anilines is 1. The van der Waals surface area contributed by atoms with E-state index in [1.165, 1.54) is 30.3 Å². The summed E-state index contributed by atoms with van der Waals surface area (Å²) in [4.78, 5) is 1.30. The van der Waals surface area contributed by atoms with Crippen molar-refractivity contribution in [1.82, 2.24) is 0 Å². The van der Waals surface area contributed by atoms with Crippen molar-refractivity contribution in [2.24, 2.45) is 0 Å². The summed E-state index contributed by atoms with van der Waals surface area (Å²) < 4.78 is 68.5. The number of alkyl halides is 2. The lowest BCUT2D eigenvalue weighted by atomic mass is 10.1. The second-order valence-corrected chi connectivity index (χ2v) is 7.52. The van der Waals surface area contributed by atoms with Gasteiger partial charge in [-0.25, -0.2) is 12.8 Å². The molecule has 2 aromatic rings. The molecule has 0 N–H and O–H groups in total. The lowest BCUT2D eigenvalue weighted by molar-refractivity contribution is 0.0396. The molecule has 1 aliphatic heterocycles.